The fraction of sp³-hybridized carbons (Fsp3) is 0.455. The third-order valence-corrected chi connectivity index (χ3v) is 2.53. The molecule has 1 aliphatic heterocycles. The van der Waals surface area contributed by atoms with Gasteiger partial charge in [0.2, 0.25) is 0 Å². The van der Waals surface area contributed by atoms with Crippen LogP contribution >= 0.6 is 12.4 Å². The molecule has 1 aromatic rings. The molecule has 0 aliphatic carbocycles. The molecular formula is C11H13ClF3NO3. The molecule has 1 fully saturated rings. The summed E-state index contributed by atoms with van der Waals surface area (Å²) in [5.41, 5.74) is 0.330. The van der Waals surface area contributed by atoms with Crippen molar-refractivity contribution in [1.29, 1.82) is 0 Å². The minimum atomic E-state index is -4.75. The van der Waals surface area contributed by atoms with Gasteiger partial charge in [-0.3, -0.25) is 0 Å². The van der Waals surface area contributed by atoms with Crippen molar-refractivity contribution in [3.63, 3.8) is 0 Å². The molecule has 0 bridgehead atoms. The molecule has 1 aliphatic rings. The van der Waals surface area contributed by atoms with Crippen LogP contribution in [0.2, 0.25) is 0 Å². The molecule has 0 unspecified atom stereocenters. The number of benzene rings is 1. The van der Waals surface area contributed by atoms with E-state index in [-0.39, 0.29) is 29.9 Å². The number of ether oxygens (including phenoxy) is 2. The quantitative estimate of drug-likeness (QED) is 0.880. The first-order valence-electron chi connectivity index (χ1n) is 5.35. The highest BCUT2D eigenvalue weighted by Gasteiger charge is 2.31. The largest absolute Gasteiger partial charge is 0.573 e. The molecule has 0 saturated carbocycles. The van der Waals surface area contributed by atoms with Crippen molar-refractivity contribution < 1.29 is 27.8 Å². The van der Waals surface area contributed by atoms with Crippen molar-refractivity contribution >= 4 is 12.4 Å². The predicted octanol–water partition coefficient (Wildman–Crippen LogP) is 2.37. The molecule has 0 radical (unpaired) electrons. The fourth-order valence-electron chi connectivity index (χ4n) is 1.77. The number of hydrogen-bond acceptors (Lipinski definition) is 4. The molecule has 4 nitrogen and oxygen atoms in total. The molecule has 19 heavy (non-hydrogen) atoms. The number of halogens is 4. The van der Waals surface area contributed by atoms with Crippen LogP contribution in [-0.2, 0) is 4.74 Å². The van der Waals surface area contributed by atoms with Crippen LogP contribution in [0, 0.1) is 0 Å². The molecule has 2 rings (SSSR count). The zero-order valence-corrected chi connectivity index (χ0v) is 10.6. The molecule has 0 spiro atoms. The SMILES string of the molecule is Cl.Oc1ccc(OC(F)(F)F)cc1[C@@H]1COCCN1. The first kappa shape index (κ1) is 15.9. The number of phenols is 1. The zero-order chi connectivity index (χ0) is 13.2. The van der Waals surface area contributed by atoms with E-state index >= 15 is 0 Å². The molecular weight excluding hydrogens is 287 g/mol. The van der Waals surface area contributed by atoms with Crippen molar-refractivity contribution in [2.45, 2.75) is 12.4 Å². The normalized spacial score (nSPS) is 19.6. The van der Waals surface area contributed by atoms with Gasteiger partial charge in [0.1, 0.15) is 11.5 Å². The van der Waals surface area contributed by atoms with E-state index in [2.05, 4.69) is 10.1 Å². The van der Waals surface area contributed by atoms with Gasteiger partial charge in [0.05, 0.1) is 19.3 Å². The van der Waals surface area contributed by atoms with E-state index in [1.165, 1.54) is 6.07 Å². The van der Waals surface area contributed by atoms with Gasteiger partial charge in [-0.1, -0.05) is 0 Å². The van der Waals surface area contributed by atoms with Gasteiger partial charge in [0, 0.05) is 12.1 Å². The summed E-state index contributed by atoms with van der Waals surface area (Å²) in [7, 11) is 0. The van der Waals surface area contributed by atoms with Gasteiger partial charge in [0.15, 0.2) is 0 Å². The smallest absolute Gasteiger partial charge is 0.508 e. The van der Waals surface area contributed by atoms with Crippen LogP contribution in [0.3, 0.4) is 0 Å². The Morgan fingerprint density at radius 3 is 2.68 bits per heavy atom. The molecule has 1 heterocycles. The van der Waals surface area contributed by atoms with E-state index in [0.29, 0.717) is 25.3 Å². The van der Waals surface area contributed by atoms with Crippen LogP contribution in [0.15, 0.2) is 18.2 Å². The third kappa shape index (κ3) is 4.45. The van der Waals surface area contributed by atoms with Gasteiger partial charge in [0.25, 0.3) is 0 Å². The summed E-state index contributed by atoms with van der Waals surface area (Å²) in [6.07, 6.45) is -4.75. The van der Waals surface area contributed by atoms with Crippen molar-refractivity contribution in [1.82, 2.24) is 5.32 Å². The maximum Gasteiger partial charge on any atom is 0.573 e. The molecule has 0 aromatic heterocycles. The second-order valence-electron chi connectivity index (χ2n) is 3.85. The molecule has 8 heteroatoms. The monoisotopic (exact) mass is 299 g/mol. The maximum absolute atomic E-state index is 12.1. The highest BCUT2D eigenvalue weighted by atomic mass is 35.5. The number of phenolic OH excluding ortho intramolecular Hbond substituents is 1. The van der Waals surface area contributed by atoms with Gasteiger partial charge < -0.3 is 19.9 Å². The van der Waals surface area contributed by atoms with E-state index in [1.807, 2.05) is 0 Å². The second-order valence-corrected chi connectivity index (χ2v) is 3.85. The minimum Gasteiger partial charge on any atom is -0.508 e. The standard InChI is InChI=1S/C11H12F3NO3.ClH/c12-11(13,14)18-7-1-2-10(16)8(5-7)9-6-17-4-3-15-9;/h1-2,5,9,15-16H,3-4,6H2;1H/t9-;/m0./s1. The van der Waals surface area contributed by atoms with Crippen LogP contribution in [0.25, 0.3) is 0 Å². The summed E-state index contributed by atoms with van der Waals surface area (Å²) in [6, 6.07) is 3.06. The third-order valence-electron chi connectivity index (χ3n) is 2.53. The Morgan fingerprint density at radius 2 is 2.11 bits per heavy atom. The first-order valence-corrected chi connectivity index (χ1v) is 5.35. The Labute approximate surface area is 113 Å². The first-order chi connectivity index (χ1) is 8.46. The van der Waals surface area contributed by atoms with E-state index in [4.69, 9.17) is 4.74 Å². The van der Waals surface area contributed by atoms with Crippen LogP contribution in [0.5, 0.6) is 11.5 Å². The molecule has 108 valence electrons. The summed E-state index contributed by atoms with van der Waals surface area (Å²) >= 11 is 0. The topological polar surface area (TPSA) is 50.7 Å². The van der Waals surface area contributed by atoms with Crippen molar-refractivity contribution in [2.75, 3.05) is 19.8 Å². The Morgan fingerprint density at radius 1 is 1.37 bits per heavy atom. The number of nitrogens with one attached hydrogen (secondary N) is 1. The van der Waals surface area contributed by atoms with Gasteiger partial charge in [-0.25, -0.2) is 0 Å². The van der Waals surface area contributed by atoms with Crippen LogP contribution in [-0.4, -0.2) is 31.2 Å². The lowest BCUT2D eigenvalue weighted by Gasteiger charge is -2.25. The summed E-state index contributed by atoms with van der Waals surface area (Å²) in [6.45, 7) is 1.41. The Bertz CT molecular complexity index is 422. The van der Waals surface area contributed by atoms with Crippen molar-refractivity contribution in [2.24, 2.45) is 0 Å². The van der Waals surface area contributed by atoms with Crippen LogP contribution in [0.4, 0.5) is 13.2 Å². The Balaban J connectivity index is 0.00000180. The van der Waals surface area contributed by atoms with E-state index < -0.39 is 6.36 Å². The van der Waals surface area contributed by atoms with Crippen LogP contribution in [0.1, 0.15) is 11.6 Å². The highest BCUT2D eigenvalue weighted by molar-refractivity contribution is 5.85. The second kappa shape index (κ2) is 6.31. The fourth-order valence-corrected chi connectivity index (χ4v) is 1.77. The summed E-state index contributed by atoms with van der Waals surface area (Å²) in [5.74, 6) is -0.449. The number of rotatable bonds is 2. The average molecular weight is 300 g/mol. The Hall–Kier alpha value is -1.18. The van der Waals surface area contributed by atoms with Crippen molar-refractivity contribution in [3.05, 3.63) is 23.8 Å². The van der Waals surface area contributed by atoms with Gasteiger partial charge in [-0.15, -0.1) is 25.6 Å². The predicted molar refractivity (Wildman–Crippen MR) is 63.6 cm³/mol. The Kier molecular flexibility index (Phi) is 5.28. The molecule has 0 amide bonds. The summed E-state index contributed by atoms with van der Waals surface area (Å²) in [5, 5.41) is 12.7. The zero-order valence-electron chi connectivity index (χ0n) is 9.74. The number of aromatic hydroxyl groups is 1. The maximum atomic E-state index is 12.1. The molecule has 1 atom stereocenters. The van der Waals surface area contributed by atoms with E-state index in [1.54, 1.807) is 0 Å². The van der Waals surface area contributed by atoms with E-state index in [9.17, 15) is 18.3 Å². The van der Waals surface area contributed by atoms with Gasteiger partial charge in [-0.2, -0.15) is 0 Å². The lowest BCUT2D eigenvalue weighted by atomic mass is 10.1. The minimum absolute atomic E-state index is 0. The molecule has 1 aromatic carbocycles. The highest BCUT2D eigenvalue weighted by Crippen LogP contribution is 2.32. The number of morpholine rings is 1. The average Bonchev–Trinajstić information content (AvgIpc) is 2.31. The summed E-state index contributed by atoms with van der Waals surface area (Å²) < 4.78 is 45.3. The number of alkyl halides is 3. The lowest BCUT2D eigenvalue weighted by molar-refractivity contribution is -0.274. The van der Waals surface area contributed by atoms with Gasteiger partial charge >= 0.3 is 6.36 Å². The van der Waals surface area contributed by atoms with E-state index in [0.717, 1.165) is 12.1 Å². The number of hydrogen-bond donors (Lipinski definition) is 2. The lowest BCUT2D eigenvalue weighted by Crippen LogP contribution is -2.34. The molecule has 1 saturated heterocycles. The van der Waals surface area contributed by atoms with Crippen molar-refractivity contribution in [3.8, 4) is 11.5 Å². The van der Waals surface area contributed by atoms with Gasteiger partial charge in [-0.05, 0) is 18.2 Å². The summed E-state index contributed by atoms with van der Waals surface area (Å²) in [4.78, 5) is 0. The van der Waals surface area contributed by atoms with Crippen LogP contribution < -0.4 is 10.1 Å². The molecule has 2 N–H and O–H groups in total.